The van der Waals surface area contributed by atoms with Crippen molar-refractivity contribution in [2.24, 2.45) is 5.92 Å². The van der Waals surface area contributed by atoms with Crippen molar-refractivity contribution >= 4 is 32.7 Å². The Morgan fingerprint density at radius 2 is 2.03 bits per heavy atom. The van der Waals surface area contributed by atoms with E-state index in [4.69, 9.17) is 4.74 Å². The molecule has 0 aliphatic carbocycles. The third-order valence-electron chi connectivity index (χ3n) is 4.89. The topological polar surface area (TPSA) is 118 Å². The molecule has 1 aromatic carbocycles. The minimum Gasteiger partial charge on any atom is -0.368 e. The number of hydrogen-bond donors (Lipinski definition) is 2. The molecule has 0 saturated carbocycles. The first-order valence-electron chi connectivity index (χ1n) is 10.2. The highest BCUT2D eigenvalue weighted by Crippen LogP contribution is 2.26. The Labute approximate surface area is 182 Å². The zero-order chi connectivity index (χ0) is 22.6. The van der Waals surface area contributed by atoms with Crippen LogP contribution < -0.4 is 10.0 Å². The molecule has 1 saturated heterocycles. The molecule has 0 radical (unpaired) electrons. The molecule has 3 rings (SSSR count). The number of aromatic nitrogens is 1. The number of nitrogens with one attached hydrogen (secondary N) is 2. The summed E-state index contributed by atoms with van der Waals surface area (Å²) in [6.07, 6.45) is 0.491. The number of fused-ring (bicyclic) bond motifs is 1. The Hall–Kier alpha value is -2.56. The van der Waals surface area contributed by atoms with Gasteiger partial charge in [-0.3, -0.25) is 9.59 Å². The number of benzene rings is 1. The molecule has 31 heavy (non-hydrogen) atoms. The standard InChI is InChI=1S/C21H28N4O5S/c1-14(2)11-22-21(27)16-10-18(24-17-7-5-4-6-15(16)17)19-13-25(8-9-30-19)20(26)12-23-31(3,28)29/h4-7,10,14,19,23H,8-9,11-13H2,1-3H3,(H,22,27). The lowest BCUT2D eigenvalue weighted by molar-refractivity contribution is -0.137. The van der Waals surface area contributed by atoms with Gasteiger partial charge in [0.05, 0.1) is 42.7 Å². The Morgan fingerprint density at radius 1 is 1.29 bits per heavy atom. The monoisotopic (exact) mass is 448 g/mol. The molecular formula is C21H28N4O5S. The molecule has 1 fully saturated rings. The fourth-order valence-electron chi connectivity index (χ4n) is 3.30. The summed E-state index contributed by atoms with van der Waals surface area (Å²) in [5.74, 6) is -0.206. The van der Waals surface area contributed by atoms with Crippen molar-refractivity contribution in [1.29, 1.82) is 0 Å². The summed E-state index contributed by atoms with van der Waals surface area (Å²) in [5, 5.41) is 3.69. The number of carbonyl (C=O) groups excluding carboxylic acids is 2. The molecule has 9 nitrogen and oxygen atoms in total. The fourth-order valence-corrected chi connectivity index (χ4v) is 3.69. The van der Waals surface area contributed by atoms with Crippen molar-refractivity contribution in [1.82, 2.24) is 19.9 Å². The average Bonchev–Trinajstić information content (AvgIpc) is 2.74. The van der Waals surface area contributed by atoms with Gasteiger partial charge in [0.15, 0.2) is 0 Å². The van der Waals surface area contributed by atoms with Gasteiger partial charge in [0.1, 0.15) is 6.10 Å². The molecule has 168 valence electrons. The summed E-state index contributed by atoms with van der Waals surface area (Å²) < 4.78 is 30.6. The number of nitrogens with zero attached hydrogens (tertiary/aromatic N) is 2. The van der Waals surface area contributed by atoms with Gasteiger partial charge in [-0.05, 0) is 18.1 Å². The van der Waals surface area contributed by atoms with Crippen LogP contribution in [0.5, 0.6) is 0 Å². The van der Waals surface area contributed by atoms with E-state index in [9.17, 15) is 18.0 Å². The smallest absolute Gasteiger partial charge is 0.252 e. The predicted octanol–water partition coefficient (Wildman–Crippen LogP) is 1.07. The minimum absolute atomic E-state index is 0.186. The molecule has 0 spiro atoms. The molecule has 10 heteroatoms. The van der Waals surface area contributed by atoms with Crippen molar-refractivity contribution in [3.05, 3.63) is 41.6 Å². The highest BCUT2D eigenvalue weighted by atomic mass is 32.2. The van der Waals surface area contributed by atoms with Crippen molar-refractivity contribution in [2.45, 2.75) is 20.0 Å². The van der Waals surface area contributed by atoms with Crippen LogP contribution in [0.4, 0.5) is 0 Å². The number of ether oxygens (including phenoxy) is 1. The van der Waals surface area contributed by atoms with E-state index in [1.165, 1.54) is 0 Å². The first-order valence-corrected chi connectivity index (χ1v) is 12.0. The lowest BCUT2D eigenvalue weighted by Gasteiger charge is -2.33. The SMILES string of the molecule is CC(C)CNC(=O)c1cc(C2CN(C(=O)CNS(C)(=O)=O)CCO2)nc2ccccc12. The molecule has 2 aromatic rings. The second kappa shape index (κ2) is 9.71. The van der Waals surface area contributed by atoms with Gasteiger partial charge in [-0.2, -0.15) is 0 Å². The number of para-hydroxylation sites is 1. The second-order valence-electron chi connectivity index (χ2n) is 8.01. The van der Waals surface area contributed by atoms with Gasteiger partial charge in [0, 0.05) is 18.5 Å². The van der Waals surface area contributed by atoms with Gasteiger partial charge in [-0.1, -0.05) is 32.0 Å². The molecule has 2 heterocycles. The fraction of sp³-hybridized carbons (Fsp3) is 0.476. The quantitative estimate of drug-likeness (QED) is 0.654. The molecule has 1 unspecified atom stereocenters. The van der Waals surface area contributed by atoms with Crippen LogP contribution in [0.3, 0.4) is 0 Å². The number of pyridine rings is 1. The Bertz CT molecular complexity index is 1070. The minimum atomic E-state index is -3.46. The summed E-state index contributed by atoms with van der Waals surface area (Å²) in [6, 6.07) is 9.11. The van der Waals surface area contributed by atoms with Crippen molar-refractivity contribution in [3.63, 3.8) is 0 Å². The van der Waals surface area contributed by atoms with E-state index in [-0.39, 0.29) is 24.9 Å². The number of carbonyl (C=O) groups is 2. The second-order valence-corrected chi connectivity index (χ2v) is 9.84. The normalized spacial score (nSPS) is 17.2. The van der Waals surface area contributed by atoms with E-state index in [0.717, 1.165) is 11.6 Å². The zero-order valence-electron chi connectivity index (χ0n) is 17.9. The van der Waals surface area contributed by atoms with Crippen LogP contribution in [0.25, 0.3) is 10.9 Å². The van der Waals surface area contributed by atoms with E-state index in [0.29, 0.717) is 42.4 Å². The molecule has 1 aliphatic heterocycles. The highest BCUT2D eigenvalue weighted by molar-refractivity contribution is 7.88. The Morgan fingerprint density at radius 3 is 2.74 bits per heavy atom. The summed E-state index contributed by atoms with van der Waals surface area (Å²) in [4.78, 5) is 31.5. The lowest BCUT2D eigenvalue weighted by atomic mass is 10.0. The van der Waals surface area contributed by atoms with E-state index in [1.807, 2.05) is 38.1 Å². The third-order valence-corrected chi connectivity index (χ3v) is 5.55. The molecule has 0 bridgehead atoms. The van der Waals surface area contributed by atoms with Gasteiger partial charge < -0.3 is 15.0 Å². The third kappa shape index (κ3) is 6.22. The average molecular weight is 449 g/mol. The van der Waals surface area contributed by atoms with Gasteiger partial charge in [0.2, 0.25) is 15.9 Å². The highest BCUT2D eigenvalue weighted by Gasteiger charge is 2.28. The van der Waals surface area contributed by atoms with Crippen LogP contribution in [0, 0.1) is 5.92 Å². The zero-order valence-corrected chi connectivity index (χ0v) is 18.7. The lowest BCUT2D eigenvalue weighted by Crippen LogP contribution is -2.46. The van der Waals surface area contributed by atoms with Crippen LogP contribution in [-0.4, -0.2) is 69.2 Å². The molecular weight excluding hydrogens is 420 g/mol. The number of morpholine rings is 1. The maximum absolute atomic E-state index is 12.8. The maximum Gasteiger partial charge on any atom is 0.252 e. The van der Waals surface area contributed by atoms with Crippen LogP contribution in [0.2, 0.25) is 0 Å². The summed E-state index contributed by atoms with van der Waals surface area (Å²) in [6.45, 7) is 5.17. The Balaban J connectivity index is 1.84. The number of sulfonamides is 1. The number of rotatable bonds is 7. The van der Waals surface area contributed by atoms with E-state index in [2.05, 4.69) is 15.0 Å². The van der Waals surface area contributed by atoms with Crippen LogP contribution in [-0.2, 0) is 19.6 Å². The Kier molecular flexibility index (Phi) is 7.24. The van der Waals surface area contributed by atoms with Gasteiger partial charge in [0.25, 0.3) is 5.91 Å². The molecule has 1 aliphatic rings. The summed E-state index contributed by atoms with van der Waals surface area (Å²) in [5.41, 5.74) is 1.73. The molecule has 2 amide bonds. The first kappa shape index (κ1) is 23.1. The van der Waals surface area contributed by atoms with Crippen molar-refractivity contribution in [3.8, 4) is 0 Å². The summed E-state index contributed by atoms with van der Waals surface area (Å²) in [7, 11) is -3.46. The molecule has 2 N–H and O–H groups in total. The van der Waals surface area contributed by atoms with Crippen LogP contribution in [0.1, 0.15) is 36.0 Å². The van der Waals surface area contributed by atoms with Gasteiger partial charge in [-0.15, -0.1) is 0 Å². The molecule has 1 atom stereocenters. The number of amides is 2. The van der Waals surface area contributed by atoms with Crippen LogP contribution in [0.15, 0.2) is 30.3 Å². The number of hydrogen-bond acceptors (Lipinski definition) is 6. The van der Waals surface area contributed by atoms with Crippen molar-refractivity contribution in [2.75, 3.05) is 39.0 Å². The van der Waals surface area contributed by atoms with Gasteiger partial charge in [-0.25, -0.2) is 18.1 Å². The maximum atomic E-state index is 12.8. The predicted molar refractivity (Wildman–Crippen MR) is 117 cm³/mol. The van der Waals surface area contributed by atoms with Gasteiger partial charge >= 0.3 is 0 Å². The first-order chi connectivity index (χ1) is 14.6. The van der Waals surface area contributed by atoms with E-state index < -0.39 is 16.1 Å². The summed E-state index contributed by atoms with van der Waals surface area (Å²) >= 11 is 0. The van der Waals surface area contributed by atoms with Crippen molar-refractivity contribution < 1.29 is 22.7 Å². The largest absolute Gasteiger partial charge is 0.368 e. The van der Waals surface area contributed by atoms with E-state index >= 15 is 0 Å². The van der Waals surface area contributed by atoms with Crippen LogP contribution >= 0.6 is 0 Å². The molecule has 1 aromatic heterocycles. The van der Waals surface area contributed by atoms with E-state index in [1.54, 1.807) is 11.0 Å².